The fraction of sp³-hybridized carbons (Fsp3) is 0.250. The third-order valence-corrected chi connectivity index (χ3v) is 3.54. The molecule has 2 heteroatoms. The van der Waals surface area contributed by atoms with Crippen molar-refractivity contribution in [2.45, 2.75) is 27.7 Å². The van der Waals surface area contributed by atoms with Gasteiger partial charge < -0.3 is 0 Å². The molecular weight excluding hydrogens is 220 g/mol. The van der Waals surface area contributed by atoms with Gasteiger partial charge in [-0.1, -0.05) is 0 Å². The minimum Gasteiger partial charge on any atom is -0.261 e. The summed E-state index contributed by atoms with van der Waals surface area (Å²) in [6.07, 6.45) is 1.87. The second-order valence-electron chi connectivity index (χ2n) is 4.99. The minimum absolute atomic E-state index is 1.07. The predicted molar refractivity (Wildman–Crippen MR) is 76.0 cm³/mol. The lowest BCUT2D eigenvalue weighted by Gasteiger charge is -2.11. The molecule has 18 heavy (non-hydrogen) atoms. The van der Waals surface area contributed by atoms with E-state index in [0.29, 0.717) is 0 Å². The van der Waals surface area contributed by atoms with E-state index in [0.717, 1.165) is 16.9 Å². The highest BCUT2D eigenvalue weighted by Crippen LogP contribution is 2.30. The number of hydrogen-bond donors (Lipinski definition) is 0. The summed E-state index contributed by atoms with van der Waals surface area (Å²) in [5.41, 5.74) is 5.82. The molecule has 0 bridgehead atoms. The van der Waals surface area contributed by atoms with E-state index in [1.54, 1.807) is 0 Å². The molecule has 0 unspecified atom stereocenters. The molecule has 3 aromatic rings. The molecule has 0 aliphatic rings. The predicted octanol–water partition coefficient (Wildman–Crippen LogP) is 4.02. The van der Waals surface area contributed by atoms with E-state index >= 15 is 0 Å². The van der Waals surface area contributed by atoms with E-state index in [1.165, 1.54) is 27.3 Å². The molecule has 2 heterocycles. The highest BCUT2D eigenvalue weighted by molar-refractivity contribution is 6.08. The van der Waals surface area contributed by atoms with Gasteiger partial charge in [0.1, 0.15) is 0 Å². The molecule has 0 fully saturated rings. The van der Waals surface area contributed by atoms with Gasteiger partial charge in [0.15, 0.2) is 0 Å². The van der Waals surface area contributed by atoms with E-state index in [-0.39, 0.29) is 0 Å². The van der Waals surface area contributed by atoms with Crippen molar-refractivity contribution in [1.82, 2.24) is 9.97 Å². The smallest absolute Gasteiger partial charge is 0.0790 e. The summed E-state index contributed by atoms with van der Waals surface area (Å²) in [5.74, 6) is 0. The number of fused-ring (bicyclic) bond motifs is 3. The molecule has 0 aliphatic heterocycles. The highest BCUT2D eigenvalue weighted by atomic mass is 14.7. The molecule has 0 saturated heterocycles. The first-order valence-corrected chi connectivity index (χ1v) is 6.21. The van der Waals surface area contributed by atoms with Crippen LogP contribution in [0.2, 0.25) is 0 Å². The van der Waals surface area contributed by atoms with Gasteiger partial charge in [0.2, 0.25) is 0 Å². The Kier molecular flexibility index (Phi) is 2.34. The van der Waals surface area contributed by atoms with Gasteiger partial charge in [-0.05, 0) is 57.0 Å². The summed E-state index contributed by atoms with van der Waals surface area (Å²) in [6.45, 7) is 8.41. The maximum Gasteiger partial charge on any atom is 0.0790 e. The quantitative estimate of drug-likeness (QED) is 0.551. The van der Waals surface area contributed by atoms with E-state index in [2.05, 4.69) is 50.9 Å². The SMILES string of the molecule is Cc1cc(C)c2c(C)cc3c(C)nccc3c2n1. The van der Waals surface area contributed by atoms with Crippen LogP contribution >= 0.6 is 0 Å². The van der Waals surface area contributed by atoms with Gasteiger partial charge in [0.25, 0.3) is 0 Å². The zero-order chi connectivity index (χ0) is 12.9. The van der Waals surface area contributed by atoms with E-state index in [1.807, 2.05) is 6.20 Å². The lowest BCUT2D eigenvalue weighted by atomic mass is 9.98. The fourth-order valence-corrected chi connectivity index (χ4v) is 2.78. The van der Waals surface area contributed by atoms with Crippen LogP contribution in [0.15, 0.2) is 24.4 Å². The maximum absolute atomic E-state index is 4.74. The minimum atomic E-state index is 1.07. The van der Waals surface area contributed by atoms with Crippen molar-refractivity contribution in [2.75, 3.05) is 0 Å². The molecule has 0 N–H and O–H groups in total. The first-order valence-electron chi connectivity index (χ1n) is 6.21. The Morgan fingerprint density at radius 3 is 2.39 bits per heavy atom. The Hall–Kier alpha value is -1.96. The average molecular weight is 236 g/mol. The summed E-state index contributed by atoms with van der Waals surface area (Å²) in [7, 11) is 0. The van der Waals surface area contributed by atoms with Crippen molar-refractivity contribution in [1.29, 1.82) is 0 Å². The number of benzene rings is 1. The largest absolute Gasteiger partial charge is 0.261 e. The molecule has 0 amide bonds. The van der Waals surface area contributed by atoms with E-state index < -0.39 is 0 Å². The van der Waals surface area contributed by atoms with Crippen LogP contribution in [0.5, 0.6) is 0 Å². The Morgan fingerprint density at radius 1 is 0.889 bits per heavy atom. The lowest BCUT2D eigenvalue weighted by molar-refractivity contribution is 1.22. The van der Waals surface area contributed by atoms with Crippen LogP contribution in [0.3, 0.4) is 0 Å². The summed E-state index contributed by atoms with van der Waals surface area (Å²) in [4.78, 5) is 9.11. The van der Waals surface area contributed by atoms with Gasteiger partial charge in [-0.15, -0.1) is 0 Å². The number of aromatic nitrogens is 2. The van der Waals surface area contributed by atoms with Crippen LogP contribution in [0, 0.1) is 27.7 Å². The van der Waals surface area contributed by atoms with Crippen molar-refractivity contribution < 1.29 is 0 Å². The number of rotatable bonds is 0. The van der Waals surface area contributed by atoms with Crippen LogP contribution in [0.25, 0.3) is 21.7 Å². The second-order valence-corrected chi connectivity index (χ2v) is 4.99. The molecule has 3 rings (SSSR count). The molecule has 0 spiro atoms. The normalized spacial score (nSPS) is 11.3. The summed E-state index contributed by atoms with van der Waals surface area (Å²) >= 11 is 0. The molecule has 2 aromatic heterocycles. The zero-order valence-electron chi connectivity index (χ0n) is 11.2. The molecule has 2 nitrogen and oxygen atoms in total. The van der Waals surface area contributed by atoms with Crippen molar-refractivity contribution in [2.24, 2.45) is 0 Å². The zero-order valence-corrected chi connectivity index (χ0v) is 11.2. The van der Waals surface area contributed by atoms with Gasteiger partial charge in [-0.25, -0.2) is 0 Å². The second kappa shape index (κ2) is 3.77. The number of pyridine rings is 2. The van der Waals surface area contributed by atoms with E-state index in [4.69, 9.17) is 4.98 Å². The average Bonchev–Trinajstić information content (AvgIpc) is 2.30. The van der Waals surface area contributed by atoms with Gasteiger partial charge in [-0.3, -0.25) is 9.97 Å². The number of hydrogen-bond acceptors (Lipinski definition) is 2. The Bertz CT molecular complexity index is 773. The molecule has 0 aliphatic carbocycles. The molecule has 0 radical (unpaired) electrons. The lowest BCUT2D eigenvalue weighted by Crippen LogP contribution is -1.93. The molecule has 90 valence electrons. The standard InChI is InChI=1S/C16H16N2/c1-9-7-11(3)18-16-13-5-6-17-12(4)14(13)8-10(2)15(9)16/h5-8H,1-4H3. The highest BCUT2D eigenvalue weighted by Gasteiger charge is 2.10. The van der Waals surface area contributed by atoms with Crippen molar-refractivity contribution >= 4 is 21.7 Å². The van der Waals surface area contributed by atoms with Crippen LogP contribution in [0.1, 0.15) is 22.5 Å². The van der Waals surface area contributed by atoms with Gasteiger partial charge in [-0.2, -0.15) is 0 Å². The topological polar surface area (TPSA) is 25.8 Å². The molecule has 0 atom stereocenters. The van der Waals surface area contributed by atoms with Crippen LogP contribution in [0.4, 0.5) is 0 Å². The van der Waals surface area contributed by atoms with Gasteiger partial charge in [0.05, 0.1) is 5.52 Å². The molecule has 1 aromatic carbocycles. The molecule has 0 saturated carbocycles. The number of nitrogens with zero attached hydrogens (tertiary/aromatic N) is 2. The van der Waals surface area contributed by atoms with Gasteiger partial charge in [0, 0.05) is 33.7 Å². The van der Waals surface area contributed by atoms with Crippen LogP contribution < -0.4 is 0 Å². The summed E-state index contributed by atoms with van der Waals surface area (Å²) in [6, 6.07) is 6.44. The van der Waals surface area contributed by atoms with Crippen LogP contribution in [-0.2, 0) is 0 Å². The summed E-state index contributed by atoms with van der Waals surface area (Å²) < 4.78 is 0. The Balaban J connectivity index is 2.65. The Labute approximate surface area is 107 Å². The third-order valence-electron chi connectivity index (χ3n) is 3.54. The van der Waals surface area contributed by atoms with Crippen molar-refractivity contribution in [3.8, 4) is 0 Å². The fourth-order valence-electron chi connectivity index (χ4n) is 2.78. The summed E-state index contributed by atoms with van der Waals surface area (Å²) in [5, 5.41) is 3.69. The number of aryl methyl sites for hydroxylation is 4. The van der Waals surface area contributed by atoms with Gasteiger partial charge >= 0.3 is 0 Å². The maximum atomic E-state index is 4.74. The molecular formula is C16H16N2. The first kappa shape index (κ1) is 11.1. The first-order chi connectivity index (χ1) is 8.58. The monoisotopic (exact) mass is 236 g/mol. The van der Waals surface area contributed by atoms with Crippen molar-refractivity contribution in [3.63, 3.8) is 0 Å². The Morgan fingerprint density at radius 2 is 1.61 bits per heavy atom. The van der Waals surface area contributed by atoms with E-state index in [9.17, 15) is 0 Å². The third kappa shape index (κ3) is 1.49. The van der Waals surface area contributed by atoms with Crippen LogP contribution in [-0.4, -0.2) is 9.97 Å². The van der Waals surface area contributed by atoms with Crippen molar-refractivity contribution in [3.05, 3.63) is 46.9 Å².